The molecule has 7 heteroatoms. The molecule has 0 atom stereocenters. The van der Waals surface area contributed by atoms with Gasteiger partial charge in [0.05, 0.1) is 5.69 Å². The standard InChI is InChI=1S/C30H34N4O3/c1-21-6-10-23(11-7-21)29(36)31-26-4-2-5-27(35)28(26)32-30(37)24-12-14-25(15-13-24)34-17-3-16-33(18-19-34)20-22-8-9-22/h2,4-7,10-15,22,35H,3,8-9,16-20H2,1H3,(H,31,36)(H,32,37). The molecule has 1 aliphatic carbocycles. The smallest absolute Gasteiger partial charge is 0.255 e. The normalized spacial score (nSPS) is 16.2. The molecule has 2 aliphatic rings. The van der Waals surface area contributed by atoms with E-state index in [9.17, 15) is 14.7 Å². The molecule has 2 amide bonds. The van der Waals surface area contributed by atoms with Crippen LogP contribution in [-0.4, -0.2) is 54.5 Å². The number of carbonyl (C=O) groups is 2. The maximum atomic E-state index is 13.1. The lowest BCUT2D eigenvalue weighted by Crippen LogP contribution is -2.32. The fraction of sp³-hybridized carbons (Fsp3) is 0.333. The van der Waals surface area contributed by atoms with Crippen LogP contribution in [0.15, 0.2) is 66.7 Å². The fourth-order valence-electron chi connectivity index (χ4n) is 4.76. The highest BCUT2D eigenvalue weighted by molar-refractivity contribution is 6.11. The van der Waals surface area contributed by atoms with Crippen LogP contribution < -0.4 is 15.5 Å². The average Bonchev–Trinajstić information content (AvgIpc) is 3.74. The Morgan fingerprint density at radius 2 is 1.51 bits per heavy atom. The minimum Gasteiger partial charge on any atom is -0.506 e. The Hall–Kier alpha value is -3.84. The molecule has 3 aromatic rings. The first-order valence-corrected chi connectivity index (χ1v) is 13.0. The minimum absolute atomic E-state index is 0.119. The van der Waals surface area contributed by atoms with Crippen molar-refractivity contribution in [1.82, 2.24) is 4.90 Å². The second-order valence-corrected chi connectivity index (χ2v) is 10.1. The van der Waals surface area contributed by atoms with Crippen LogP contribution in [0.25, 0.3) is 0 Å². The second kappa shape index (κ2) is 11.0. The molecule has 2 fully saturated rings. The molecule has 1 heterocycles. The summed E-state index contributed by atoms with van der Waals surface area (Å²) in [5.74, 6) is 0.112. The van der Waals surface area contributed by atoms with Gasteiger partial charge in [0.15, 0.2) is 0 Å². The number of benzene rings is 3. The fourth-order valence-corrected chi connectivity index (χ4v) is 4.76. The van der Waals surface area contributed by atoms with Gasteiger partial charge in [0.1, 0.15) is 11.4 Å². The number of anilines is 3. The Labute approximate surface area is 218 Å². The van der Waals surface area contributed by atoms with E-state index in [1.54, 1.807) is 24.3 Å². The lowest BCUT2D eigenvalue weighted by Gasteiger charge is -2.24. The highest BCUT2D eigenvalue weighted by Gasteiger charge is 2.25. The van der Waals surface area contributed by atoms with Gasteiger partial charge in [0.2, 0.25) is 0 Å². The van der Waals surface area contributed by atoms with E-state index in [0.29, 0.717) is 16.8 Å². The molecule has 1 saturated carbocycles. The zero-order valence-electron chi connectivity index (χ0n) is 21.2. The predicted molar refractivity (Wildman–Crippen MR) is 148 cm³/mol. The molecule has 192 valence electrons. The van der Waals surface area contributed by atoms with Crippen molar-refractivity contribution in [3.8, 4) is 5.75 Å². The van der Waals surface area contributed by atoms with Gasteiger partial charge >= 0.3 is 0 Å². The number of aromatic hydroxyl groups is 1. The number of hydrogen-bond acceptors (Lipinski definition) is 5. The van der Waals surface area contributed by atoms with Crippen molar-refractivity contribution < 1.29 is 14.7 Å². The summed E-state index contributed by atoms with van der Waals surface area (Å²) in [4.78, 5) is 30.7. The van der Waals surface area contributed by atoms with Gasteiger partial charge in [-0.2, -0.15) is 0 Å². The minimum atomic E-state index is -0.356. The van der Waals surface area contributed by atoms with Crippen molar-refractivity contribution >= 4 is 28.9 Å². The Bertz CT molecular complexity index is 1250. The van der Waals surface area contributed by atoms with Crippen molar-refractivity contribution in [3.63, 3.8) is 0 Å². The first-order chi connectivity index (χ1) is 18.0. The molecule has 1 aliphatic heterocycles. The molecule has 3 aromatic carbocycles. The Morgan fingerprint density at radius 1 is 0.838 bits per heavy atom. The lowest BCUT2D eigenvalue weighted by molar-refractivity contribution is 0.101. The van der Waals surface area contributed by atoms with E-state index in [-0.39, 0.29) is 23.3 Å². The summed E-state index contributed by atoms with van der Waals surface area (Å²) in [6.07, 6.45) is 3.90. The van der Waals surface area contributed by atoms with Crippen molar-refractivity contribution in [2.24, 2.45) is 5.92 Å². The Balaban J connectivity index is 1.24. The predicted octanol–water partition coefficient (Wildman–Crippen LogP) is 5.13. The molecule has 1 saturated heterocycles. The lowest BCUT2D eigenvalue weighted by atomic mass is 10.1. The van der Waals surface area contributed by atoms with Gasteiger partial charge in [0.25, 0.3) is 11.8 Å². The first-order valence-electron chi connectivity index (χ1n) is 13.0. The van der Waals surface area contributed by atoms with Gasteiger partial charge in [-0.05, 0) is 87.2 Å². The van der Waals surface area contributed by atoms with Crippen LogP contribution in [0.2, 0.25) is 0 Å². The molecule has 0 unspecified atom stereocenters. The van der Waals surface area contributed by atoms with Gasteiger partial charge in [-0.1, -0.05) is 23.8 Å². The first kappa shape index (κ1) is 24.8. The van der Waals surface area contributed by atoms with Crippen LogP contribution in [0.5, 0.6) is 5.75 Å². The number of phenols is 1. The van der Waals surface area contributed by atoms with Gasteiger partial charge in [-0.3, -0.25) is 9.59 Å². The molecule has 7 nitrogen and oxygen atoms in total. The number of nitrogens with zero attached hydrogens (tertiary/aromatic N) is 2. The van der Waals surface area contributed by atoms with E-state index in [1.165, 1.54) is 25.5 Å². The summed E-state index contributed by atoms with van der Waals surface area (Å²) in [6.45, 7) is 7.40. The van der Waals surface area contributed by atoms with Gasteiger partial charge in [-0.15, -0.1) is 0 Å². The van der Waals surface area contributed by atoms with E-state index < -0.39 is 0 Å². The quantitative estimate of drug-likeness (QED) is 0.394. The number of phenolic OH excluding ortho intramolecular Hbond substituents is 1. The van der Waals surface area contributed by atoms with Gasteiger partial charge in [-0.25, -0.2) is 0 Å². The number of amides is 2. The Kier molecular flexibility index (Phi) is 7.42. The summed E-state index contributed by atoms with van der Waals surface area (Å²) in [6, 6.07) is 19.5. The highest BCUT2D eigenvalue weighted by atomic mass is 16.3. The van der Waals surface area contributed by atoms with Crippen LogP contribution >= 0.6 is 0 Å². The summed E-state index contributed by atoms with van der Waals surface area (Å²) in [5, 5.41) is 16.0. The number of rotatable bonds is 7. The molecule has 0 bridgehead atoms. The third-order valence-corrected chi connectivity index (χ3v) is 7.14. The zero-order chi connectivity index (χ0) is 25.8. The maximum absolute atomic E-state index is 13.1. The summed E-state index contributed by atoms with van der Waals surface area (Å²) >= 11 is 0. The van der Waals surface area contributed by atoms with Gasteiger partial charge < -0.3 is 25.5 Å². The van der Waals surface area contributed by atoms with Crippen LogP contribution in [0.4, 0.5) is 17.1 Å². The molecule has 0 spiro atoms. The number of nitrogens with one attached hydrogen (secondary N) is 2. The number of hydrogen-bond donors (Lipinski definition) is 3. The van der Waals surface area contributed by atoms with Crippen molar-refractivity contribution in [2.45, 2.75) is 26.2 Å². The van der Waals surface area contributed by atoms with Crippen molar-refractivity contribution in [3.05, 3.63) is 83.4 Å². The monoisotopic (exact) mass is 498 g/mol. The largest absolute Gasteiger partial charge is 0.506 e. The van der Waals surface area contributed by atoms with Crippen molar-refractivity contribution in [1.29, 1.82) is 0 Å². The highest BCUT2D eigenvalue weighted by Crippen LogP contribution is 2.33. The molecular formula is C30H34N4O3. The van der Waals surface area contributed by atoms with E-state index in [2.05, 4.69) is 20.4 Å². The topological polar surface area (TPSA) is 84.9 Å². The van der Waals surface area contributed by atoms with E-state index in [4.69, 9.17) is 0 Å². The molecule has 37 heavy (non-hydrogen) atoms. The number of aryl methyl sites for hydroxylation is 1. The zero-order valence-corrected chi connectivity index (χ0v) is 21.2. The third kappa shape index (κ3) is 6.30. The summed E-state index contributed by atoms with van der Waals surface area (Å²) < 4.78 is 0. The van der Waals surface area contributed by atoms with Crippen LogP contribution in [0.1, 0.15) is 45.5 Å². The number of para-hydroxylation sites is 1. The number of carbonyl (C=O) groups excluding carboxylic acids is 2. The SMILES string of the molecule is Cc1ccc(C(=O)Nc2cccc(O)c2NC(=O)c2ccc(N3CCCN(CC4CC4)CC3)cc2)cc1. The van der Waals surface area contributed by atoms with Crippen LogP contribution in [0, 0.1) is 12.8 Å². The van der Waals surface area contributed by atoms with Crippen LogP contribution in [-0.2, 0) is 0 Å². The maximum Gasteiger partial charge on any atom is 0.255 e. The Morgan fingerprint density at radius 3 is 2.22 bits per heavy atom. The average molecular weight is 499 g/mol. The van der Waals surface area contributed by atoms with Gasteiger partial charge in [0, 0.05) is 43.0 Å². The van der Waals surface area contributed by atoms with E-state index in [0.717, 1.165) is 49.8 Å². The van der Waals surface area contributed by atoms with Crippen LogP contribution in [0.3, 0.4) is 0 Å². The molecule has 0 radical (unpaired) electrons. The molecule has 5 rings (SSSR count). The van der Waals surface area contributed by atoms with E-state index >= 15 is 0 Å². The molecule has 0 aromatic heterocycles. The molecule has 3 N–H and O–H groups in total. The third-order valence-electron chi connectivity index (χ3n) is 7.14. The second-order valence-electron chi connectivity index (χ2n) is 10.1. The van der Waals surface area contributed by atoms with E-state index in [1.807, 2.05) is 43.3 Å². The summed E-state index contributed by atoms with van der Waals surface area (Å²) in [5.41, 5.74) is 3.63. The van der Waals surface area contributed by atoms with Crippen molar-refractivity contribution in [2.75, 3.05) is 48.3 Å². The summed E-state index contributed by atoms with van der Waals surface area (Å²) in [7, 11) is 0. The molecular weight excluding hydrogens is 464 g/mol.